The van der Waals surface area contributed by atoms with Crippen LogP contribution in [0.3, 0.4) is 0 Å². The number of benzene rings is 1. The van der Waals surface area contributed by atoms with Gasteiger partial charge in [-0.2, -0.15) is 5.26 Å². The van der Waals surface area contributed by atoms with Crippen LogP contribution in [0.5, 0.6) is 0 Å². The average molecular weight is 300 g/mol. The van der Waals surface area contributed by atoms with Crippen LogP contribution in [0.25, 0.3) is 0 Å². The summed E-state index contributed by atoms with van der Waals surface area (Å²) in [5.41, 5.74) is 0.930. The molecule has 2 atom stereocenters. The van der Waals surface area contributed by atoms with Gasteiger partial charge in [0, 0.05) is 24.4 Å². The Bertz CT molecular complexity index is 608. The van der Waals surface area contributed by atoms with Crippen molar-refractivity contribution >= 4 is 5.78 Å². The lowest BCUT2D eigenvalue weighted by atomic mass is 9.76. The van der Waals surface area contributed by atoms with E-state index in [9.17, 15) is 9.18 Å². The van der Waals surface area contributed by atoms with E-state index in [1.54, 1.807) is 0 Å². The molecule has 3 rings (SSSR count). The fourth-order valence-corrected chi connectivity index (χ4v) is 4.03. The van der Waals surface area contributed by atoms with E-state index in [1.807, 2.05) is 0 Å². The molecule has 116 valence electrons. The summed E-state index contributed by atoms with van der Waals surface area (Å²) in [5.74, 6) is -0.171. The zero-order valence-corrected chi connectivity index (χ0v) is 12.9. The molecule has 2 bridgehead atoms. The van der Waals surface area contributed by atoms with Crippen LogP contribution >= 0.6 is 0 Å². The Labute approximate surface area is 130 Å². The maximum Gasteiger partial charge on any atom is 0.140 e. The minimum Gasteiger partial charge on any atom is -0.300 e. The molecule has 0 radical (unpaired) electrons. The quantitative estimate of drug-likeness (QED) is 0.861. The zero-order chi connectivity index (χ0) is 15.7. The number of ketones is 1. The molecule has 2 aliphatic heterocycles. The second-order valence-corrected chi connectivity index (χ2v) is 6.63. The predicted molar refractivity (Wildman–Crippen MR) is 81.7 cm³/mol. The Morgan fingerprint density at radius 3 is 2.68 bits per heavy atom. The Kier molecular flexibility index (Phi) is 4.26. The number of rotatable bonds is 3. The molecule has 0 N–H and O–H groups in total. The van der Waals surface area contributed by atoms with Gasteiger partial charge in [0.2, 0.25) is 0 Å². The van der Waals surface area contributed by atoms with Gasteiger partial charge < -0.3 is 4.90 Å². The third-order valence-corrected chi connectivity index (χ3v) is 5.35. The summed E-state index contributed by atoms with van der Waals surface area (Å²) in [6.07, 6.45) is 5.57. The fraction of sp³-hybridized carbons (Fsp3) is 0.556. The monoisotopic (exact) mass is 300 g/mol. The van der Waals surface area contributed by atoms with Gasteiger partial charge in [0.05, 0.1) is 11.6 Å². The first-order chi connectivity index (χ1) is 10.6. The first kappa shape index (κ1) is 15.2. The van der Waals surface area contributed by atoms with E-state index in [0.717, 1.165) is 12.8 Å². The van der Waals surface area contributed by atoms with Crippen LogP contribution in [-0.2, 0) is 11.2 Å². The molecule has 22 heavy (non-hydrogen) atoms. The predicted octanol–water partition coefficient (Wildman–Crippen LogP) is 3.07. The fourth-order valence-electron chi connectivity index (χ4n) is 4.03. The van der Waals surface area contributed by atoms with Gasteiger partial charge in [-0.05, 0) is 56.5 Å². The maximum atomic E-state index is 13.4. The third-order valence-electron chi connectivity index (χ3n) is 5.35. The third kappa shape index (κ3) is 2.91. The number of hydrogen-bond acceptors (Lipinski definition) is 3. The molecule has 0 aliphatic carbocycles. The van der Waals surface area contributed by atoms with E-state index in [0.29, 0.717) is 23.2 Å². The van der Waals surface area contributed by atoms with E-state index >= 15 is 0 Å². The topological polar surface area (TPSA) is 44.1 Å². The molecule has 2 heterocycles. The second-order valence-electron chi connectivity index (χ2n) is 6.63. The van der Waals surface area contributed by atoms with Gasteiger partial charge in [-0.25, -0.2) is 4.39 Å². The van der Waals surface area contributed by atoms with Crippen LogP contribution in [0, 0.1) is 23.1 Å². The van der Waals surface area contributed by atoms with Crippen molar-refractivity contribution in [3.63, 3.8) is 0 Å². The molecule has 1 aromatic rings. The van der Waals surface area contributed by atoms with Gasteiger partial charge in [-0.3, -0.25) is 4.79 Å². The molecule has 4 heteroatoms. The SMILES string of the molecule is CN1C2CCCC1CC(C(=O)Cc1cc(F)ccc1C#N)C2. The summed E-state index contributed by atoms with van der Waals surface area (Å²) < 4.78 is 13.4. The molecule has 2 fully saturated rings. The molecular formula is C18H21FN2O. The lowest BCUT2D eigenvalue weighted by Gasteiger charge is -2.46. The van der Waals surface area contributed by atoms with Gasteiger partial charge >= 0.3 is 0 Å². The summed E-state index contributed by atoms with van der Waals surface area (Å²) in [7, 11) is 2.16. The van der Waals surface area contributed by atoms with Crippen molar-refractivity contribution < 1.29 is 9.18 Å². The summed E-state index contributed by atoms with van der Waals surface area (Å²) in [6, 6.07) is 7.11. The second kappa shape index (κ2) is 6.18. The largest absolute Gasteiger partial charge is 0.300 e. The van der Waals surface area contributed by atoms with Crippen LogP contribution in [0.2, 0.25) is 0 Å². The van der Waals surface area contributed by atoms with Crippen molar-refractivity contribution in [2.75, 3.05) is 7.05 Å². The molecule has 2 unspecified atom stereocenters. The summed E-state index contributed by atoms with van der Waals surface area (Å²) in [5, 5.41) is 9.11. The zero-order valence-electron chi connectivity index (χ0n) is 12.9. The molecule has 0 spiro atoms. The highest BCUT2D eigenvalue weighted by atomic mass is 19.1. The number of piperidine rings is 2. The van der Waals surface area contributed by atoms with E-state index < -0.39 is 0 Å². The smallest absolute Gasteiger partial charge is 0.140 e. The van der Waals surface area contributed by atoms with Crippen LogP contribution in [0.15, 0.2) is 18.2 Å². The molecule has 1 aromatic carbocycles. The van der Waals surface area contributed by atoms with E-state index in [4.69, 9.17) is 5.26 Å². The lowest BCUT2D eigenvalue weighted by Crippen LogP contribution is -2.51. The number of nitrogens with zero attached hydrogens (tertiary/aromatic N) is 2. The van der Waals surface area contributed by atoms with E-state index in [2.05, 4.69) is 18.0 Å². The molecule has 0 amide bonds. The first-order valence-electron chi connectivity index (χ1n) is 8.01. The Balaban J connectivity index is 1.73. The number of Topliss-reactive ketones (excluding diaryl/α,β-unsaturated/α-hetero) is 1. The Morgan fingerprint density at radius 2 is 2.05 bits per heavy atom. The van der Waals surface area contributed by atoms with Gasteiger partial charge in [-0.15, -0.1) is 0 Å². The Morgan fingerprint density at radius 1 is 1.36 bits per heavy atom. The highest BCUT2D eigenvalue weighted by Gasteiger charge is 2.38. The normalized spacial score (nSPS) is 28.1. The minimum atomic E-state index is -0.387. The van der Waals surface area contributed by atoms with Crippen molar-refractivity contribution in [3.8, 4) is 6.07 Å². The molecule has 0 saturated carbocycles. The number of carbonyl (C=O) groups is 1. The number of halogens is 1. The highest BCUT2D eigenvalue weighted by molar-refractivity contribution is 5.84. The molecular weight excluding hydrogens is 279 g/mol. The van der Waals surface area contributed by atoms with Crippen molar-refractivity contribution in [1.82, 2.24) is 4.90 Å². The number of fused-ring (bicyclic) bond motifs is 2. The van der Waals surface area contributed by atoms with Crippen molar-refractivity contribution in [2.45, 2.75) is 50.6 Å². The molecule has 2 saturated heterocycles. The lowest BCUT2D eigenvalue weighted by molar-refractivity contribution is -0.125. The summed E-state index contributed by atoms with van der Waals surface area (Å²) in [6.45, 7) is 0. The van der Waals surface area contributed by atoms with Crippen molar-refractivity contribution in [3.05, 3.63) is 35.1 Å². The van der Waals surface area contributed by atoms with Crippen molar-refractivity contribution in [2.24, 2.45) is 5.92 Å². The first-order valence-corrected chi connectivity index (χ1v) is 8.01. The maximum absolute atomic E-state index is 13.4. The summed E-state index contributed by atoms with van der Waals surface area (Å²) >= 11 is 0. The minimum absolute atomic E-state index is 0.0568. The van der Waals surface area contributed by atoms with Gasteiger partial charge in [0.15, 0.2) is 0 Å². The molecule has 2 aliphatic rings. The molecule has 0 aromatic heterocycles. The van der Waals surface area contributed by atoms with Crippen LogP contribution in [0.4, 0.5) is 4.39 Å². The van der Waals surface area contributed by atoms with Crippen LogP contribution < -0.4 is 0 Å². The van der Waals surface area contributed by atoms with E-state index in [-0.39, 0.29) is 23.9 Å². The van der Waals surface area contributed by atoms with Gasteiger partial charge in [0.25, 0.3) is 0 Å². The highest BCUT2D eigenvalue weighted by Crippen LogP contribution is 2.36. The van der Waals surface area contributed by atoms with Crippen LogP contribution in [-0.4, -0.2) is 29.8 Å². The average Bonchev–Trinajstić information content (AvgIpc) is 2.47. The Hall–Kier alpha value is -1.73. The standard InChI is InChI=1S/C18H21FN2O/c1-21-16-3-2-4-17(21)9-14(8-16)18(22)10-13-7-15(19)6-5-12(13)11-20/h5-7,14,16-17H,2-4,8-10H2,1H3. The number of carbonyl (C=O) groups excluding carboxylic acids is 1. The summed E-state index contributed by atoms with van der Waals surface area (Å²) in [4.78, 5) is 15.1. The number of nitriles is 1. The molecule has 3 nitrogen and oxygen atoms in total. The van der Waals surface area contributed by atoms with Gasteiger partial charge in [0.1, 0.15) is 11.6 Å². The van der Waals surface area contributed by atoms with Gasteiger partial charge in [-0.1, -0.05) is 6.42 Å². The van der Waals surface area contributed by atoms with E-state index in [1.165, 1.54) is 37.5 Å². The van der Waals surface area contributed by atoms with Crippen molar-refractivity contribution in [1.29, 1.82) is 5.26 Å². The van der Waals surface area contributed by atoms with Crippen LogP contribution in [0.1, 0.15) is 43.2 Å². The number of hydrogen-bond donors (Lipinski definition) is 0.